The molecule has 0 spiro atoms. The number of benzene rings is 1. The smallest absolute Gasteiger partial charge is 0.304 e. The largest absolute Gasteiger partial charge is 0.309 e. The Bertz CT molecular complexity index is 603. The van der Waals surface area contributed by atoms with E-state index in [9.17, 15) is 22.9 Å². The van der Waals surface area contributed by atoms with Gasteiger partial charge in [-0.2, -0.15) is 4.39 Å². The third kappa shape index (κ3) is 3.48. The fraction of sp³-hybridized carbons (Fsp3) is 0.455. The highest BCUT2D eigenvalue weighted by atomic mass is 32.2. The Morgan fingerprint density at radius 2 is 2.21 bits per heavy atom. The SMILES string of the molecule is O=[N+]([O-])c1ccc(CNC2CCS(=O)(=O)C2)cc1F. The normalized spacial score (nSPS) is 21.4. The zero-order chi connectivity index (χ0) is 14.0. The van der Waals surface area contributed by atoms with Crippen molar-refractivity contribution in [2.75, 3.05) is 11.5 Å². The van der Waals surface area contributed by atoms with E-state index in [-0.39, 0.29) is 24.1 Å². The lowest BCUT2D eigenvalue weighted by Gasteiger charge is -2.10. The molecule has 104 valence electrons. The van der Waals surface area contributed by atoms with Crippen molar-refractivity contribution >= 4 is 15.5 Å². The van der Waals surface area contributed by atoms with Crippen LogP contribution in [0.2, 0.25) is 0 Å². The summed E-state index contributed by atoms with van der Waals surface area (Å²) >= 11 is 0. The Morgan fingerprint density at radius 3 is 2.74 bits per heavy atom. The summed E-state index contributed by atoms with van der Waals surface area (Å²) < 4.78 is 35.9. The summed E-state index contributed by atoms with van der Waals surface area (Å²) in [7, 11) is -2.95. The van der Waals surface area contributed by atoms with Gasteiger partial charge in [-0.3, -0.25) is 10.1 Å². The average Bonchev–Trinajstić information content (AvgIpc) is 2.66. The number of nitro groups is 1. The Morgan fingerprint density at radius 1 is 1.47 bits per heavy atom. The van der Waals surface area contributed by atoms with Crippen molar-refractivity contribution in [1.29, 1.82) is 0 Å². The minimum Gasteiger partial charge on any atom is -0.309 e. The number of nitro benzene ring substituents is 1. The summed E-state index contributed by atoms with van der Waals surface area (Å²) in [6.45, 7) is 0.287. The highest BCUT2D eigenvalue weighted by molar-refractivity contribution is 7.91. The third-order valence-corrected chi connectivity index (χ3v) is 4.80. The van der Waals surface area contributed by atoms with Gasteiger partial charge >= 0.3 is 5.69 Å². The van der Waals surface area contributed by atoms with Gasteiger partial charge in [-0.05, 0) is 18.1 Å². The highest BCUT2D eigenvalue weighted by Crippen LogP contribution is 2.18. The zero-order valence-corrected chi connectivity index (χ0v) is 10.8. The van der Waals surface area contributed by atoms with Crippen LogP contribution in [0.15, 0.2) is 18.2 Å². The van der Waals surface area contributed by atoms with Crippen LogP contribution in [0.5, 0.6) is 0 Å². The molecule has 1 aliphatic rings. The summed E-state index contributed by atoms with van der Waals surface area (Å²) in [6, 6.07) is 3.52. The van der Waals surface area contributed by atoms with Gasteiger partial charge in [0.1, 0.15) is 0 Å². The molecule has 0 aliphatic carbocycles. The zero-order valence-electron chi connectivity index (χ0n) is 10.0. The van der Waals surface area contributed by atoms with E-state index in [1.807, 2.05) is 0 Å². The first-order valence-corrected chi connectivity index (χ1v) is 7.56. The van der Waals surface area contributed by atoms with Crippen LogP contribution in [0.25, 0.3) is 0 Å². The van der Waals surface area contributed by atoms with Crippen molar-refractivity contribution in [1.82, 2.24) is 5.32 Å². The standard InChI is InChI=1S/C11H13FN2O4S/c12-10-5-8(1-2-11(10)14(15)16)6-13-9-3-4-19(17,18)7-9/h1-2,5,9,13H,3-4,6-7H2. The molecule has 1 unspecified atom stereocenters. The van der Waals surface area contributed by atoms with E-state index in [1.165, 1.54) is 6.07 Å². The molecule has 1 N–H and O–H groups in total. The second-order valence-electron chi connectivity index (χ2n) is 4.52. The van der Waals surface area contributed by atoms with Crippen LogP contribution >= 0.6 is 0 Å². The number of nitrogens with one attached hydrogen (secondary N) is 1. The van der Waals surface area contributed by atoms with Crippen LogP contribution in [-0.2, 0) is 16.4 Å². The Kier molecular flexibility index (Phi) is 3.81. The molecule has 1 fully saturated rings. The van der Waals surface area contributed by atoms with E-state index in [2.05, 4.69) is 5.32 Å². The Labute approximate surface area is 109 Å². The first-order valence-electron chi connectivity index (χ1n) is 5.74. The van der Waals surface area contributed by atoms with Crippen molar-refractivity contribution in [3.63, 3.8) is 0 Å². The van der Waals surface area contributed by atoms with Crippen LogP contribution in [0.1, 0.15) is 12.0 Å². The van der Waals surface area contributed by atoms with Gasteiger partial charge in [0.2, 0.25) is 5.82 Å². The van der Waals surface area contributed by atoms with E-state index in [0.717, 1.165) is 12.1 Å². The highest BCUT2D eigenvalue weighted by Gasteiger charge is 2.27. The molecule has 19 heavy (non-hydrogen) atoms. The molecule has 2 rings (SSSR count). The van der Waals surface area contributed by atoms with Crippen LogP contribution < -0.4 is 5.32 Å². The molecule has 0 radical (unpaired) electrons. The van der Waals surface area contributed by atoms with Crippen molar-refractivity contribution < 1.29 is 17.7 Å². The lowest BCUT2D eigenvalue weighted by Crippen LogP contribution is -2.29. The number of hydrogen-bond donors (Lipinski definition) is 1. The summed E-state index contributed by atoms with van der Waals surface area (Å²) in [5.41, 5.74) is -0.0143. The van der Waals surface area contributed by atoms with Gasteiger partial charge in [-0.15, -0.1) is 0 Å². The predicted octanol–water partition coefficient (Wildman–Crippen LogP) is 1.01. The number of hydrogen-bond acceptors (Lipinski definition) is 5. The van der Waals surface area contributed by atoms with Gasteiger partial charge in [0.05, 0.1) is 16.4 Å². The molecule has 1 heterocycles. The molecule has 1 aliphatic heterocycles. The molecule has 0 saturated carbocycles. The number of nitrogens with zero attached hydrogens (tertiary/aromatic N) is 1. The van der Waals surface area contributed by atoms with Crippen LogP contribution in [-0.4, -0.2) is 30.9 Å². The number of sulfone groups is 1. The maximum Gasteiger partial charge on any atom is 0.304 e. The molecule has 0 amide bonds. The topological polar surface area (TPSA) is 89.3 Å². The lowest BCUT2D eigenvalue weighted by molar-refractivity contribution is -0.387. The fourth-order valence-corrected chi connectivity index (χ4v) is 3.73. The molecule has 0 bridgehead atoms. The first-order chi connectivity index (χ1) is 8.87. The fourth-order valence-electron chi connectivity index (χ4n) is 2.03. The maximum atomic E-state index is 13.4. The molecular weight excluding hydrogens is 275 g/mol. The van der Waals surface area contributed by atoms with Gasteiger partial charge < -0.3 is 5.32 Å². The van der Waals surface area contributed by atoms with Crippen LogP contribution in [0, 0.1) is 15.9 Å². The lowest BCUT2D eigenvalue weighted by atomic mass is 10.2. The second kappa shape index (κ2) is 5.22. The quantitative estimate of drug-likeness (QED) is 0.659. The molecular formula is C11H13FN2O4S. The Hall–Kier alpha value is -1.54. The summed E-state index contributed by atoms with van der Waals surface area (Å²) in [6.07, 6.45) is 0.539. The minimum atomic E-state index is -2.95. The molecule has 1 aromatic carbocycles. The van der Waals surface area contributed by atoms with Crippen LogP contribution in [0.4, 0.5) is 10.1 Å². The monoisotopic (exact) mass is 288 g/mol. The van der Waals surface area contributed by atoms with Crippen molar-refractivity contribution in [2.45, 2.75) is 19.0 Å². The number of halogens is 1. The van der Waals surface area contributed by atoms with Crippen molar-refractivity contribution in [3.05, 3.63) is 39.7 Å². The summed E-state index contributed by atoms with van der Waals surface area (Å²) in [5.74, 6) is -0.634. The molecule has 8 heteroatoms. The van der Waals surface area contributed by atoms with E-state index < -0.39 is 26.3 Å². The second-order valence-corrected chi connectivity index (χ2v) is 6.75. The van der Waals surface area contributed by atoms with E-state index >= 15 is 0 Å². The third-order valence-electron chi connectivity index (χ3n) is 3.04. The van der Waals surface area contributed by atoms with Crippen LogP contribution in [0.3, 0.4) is 0 Å². The minimum absolute atomic E-state index is 0.0858. The maximum absolute atomic E-state index is 13.4. The van der Waals surface area contributed by atoms with Gasteiger partial charge in [0.15, 0.2) is 9.84 Å². The average molecular weight is 288 g/mol. The van der Waals surface area contributed by atoms with E-state index in [1.54, 1.807) is 0 Å². The molecule has 1 aromatic rings. The van der Waals surface area contributed by atoms with E-state index in [0.29, 0.717) is 12.0 Å². The van der Waals surface area contributed by atoms with Gasteiger partial charge in [0, 0.05) is 18.7 Å². The van der Waals surface area contributed by atoms with Gasteiger partial charge in [0.25, 0.3) is 0 Å². The van der Waals surface area contributed by atoms with E-state index in [4.69, 9.17) is 0 Å². The molecule has 1 saturated heterocycles. The summed E-state index contributed by atoms with van der Waals surface area (Å²) in [4.78, 5) is 9.67. The van der Waals surface area contributed by atoms with Gasteiger partial charge in [-0.25, -0.2) is 8.42 Å². The molecule has 6 nitrogen and oxygen atoms in total. The molecule has 0 aromatic heterocycles. The number of rotatable bonds is 4. The summed E-state index contributed by atoms with van der Waals surface area (Å²) in [5, 5.41) is 13.5. The van der Waals surface area contributed by atoms with Crippen molar-refractivity contribution in [3.8, 4) is 0 Å². The Balaban J connectivity index is 1.97. The molecule has 1 atom stereocenters. The van der Waals surface area contributed by atoms with Gasteiger partial charge in [-0.1, -0.05) is 6.07 Å². The first kappa shape index (κ1) is 13.9. The van der Waals surface area contributed by atoms with Crippen molar-refractivity contribution in [2.24, 2.45) is 0 Å². The predicted molar refractivity (Wildman–Crippen MR) is 67.0 cm³/mol.